The molecular formula is C32H47FN2O2. The van der Waals surface area contributed by atoms with Gasteiger partial charge < -0.3 is 4.90 Å². The zero-order valence-electron chi connectivity index (χ0n) is 23.8. The van der Waals surface area contributed by atoms with Gasteiger partial charge >= 0.3 is 0 Å². The van der Waals surface area contributed by atoms with E-state index in [1.807, 2.05) is 55.2 Å². The summed E-state index contributed by atoms with van der Waals surface area (Å²) in [6, 6.07) is 7.41. The van der Waals surface area contributed by atoms with Crippen molar-refractivity contribution in [3.63, 3.8) is 0 Å². The van der Waals surface area contributed by atoms with Crippen molar-refractivity contribution in [1.82, 2.24) is 4.90 Å². The van der Waals surface area contributed by atoms with Crippen LogP contribution in [-0.4, -0.2) is 35.6 Å². The van der Waals surface area contributed by atoms with Crippen molar-refractivity contribution in [2.24, 2.45) is 16.3 Å². The van der Waals surface area contributed by atoms with Crippen LogP contribution in [-0.2, 0) is 4.79 Å². The predicted octanol–water partition coefficient (Wildman–Crippen LogP) is 8.44. The fourth-order valence-corrected chi connectivity index (χ4v) is 5.54. The molecule has 2 rings (SSSR count). The van der Waals surface area contributed by atoms with Crippen molar-refractivity contribution in [3.8, 4) is 0 Å². The van der Waals surface area contributed by atoms with Gasteiger partial charge in [0.1, 0.15) is 18.6 Å². The smallest absolute Gasteiger partial charge is 0.212 e. The third-order valence-corrected chi connectivity index (χ3v) is 7.85. The number of aliphatic imine (C=N–C) groups is 1. The molecule has 4 nitrogen and oxygen atoms in total. The van der Waals surface area contributed by atoms with Crippen molar-refractivity contribution in [2.45, 2.75) is 105 Å². The van der Waals surface area contributed by atoms with Crippen LogP contribution in [0, 0.1) is 11.3 Å². The number of alkyl halides is 1. The van der Waals surface area contributed by atoms with Gasteiger partial charge in [0.05, 0.1) is 6.04 Å². The predicted molar refractivity (Wildman–Crippen MR) is 153 cm³/mol. The van der Waals surface area contributed by atoms with E-state index < -0.39 is 12.3 Å². The van der Waals surface area contributed by atoms with Gasteiger partial charge in [0.15, 0.2) is 0 Å². The van der Waals surface area contributed by atoms with Gasteiger partial charge in [-0.2, -0.15) is 0 Å². The molecule has 1 aliphatic rings. The minimum absolute atomic E-state index is 0.152. The summed E-state index contributed by atoms with van der Waals surface area (Å²) >= 11 is 0. The van der Waals surface area contributed by atoms with E-state index in [1.165, 1.54) is 0 Å². The molecule has 5 heteroatoms. The summed E-state index contributed by atoms with van der Waals surface area (Å²) in [7, 11) is 0. The van der Waals surface area contributed by atoms with Crippen LogP contribution in [0.25, 0.3) is 0 Å². The summed E-state index contributed by atoms with van der Waals surface area (Å²) in [5.41, 5.74) is 2.65. The molecule has 0 aromatic heterocycles. The highest BCUT2D eigenvalue weighted by Gasteiger charge is 2.45. The molecule has 0 bridgehead atoms. The number of nitrogens with zero attached hydrogens (tertiary/aromatic N) is 2. The van der Waals surface area contributed by atoms with Gasteiger partial charge in [0.2, 0.25) is 6.41 Å². The molecule has 37 heavy (non-hydrogen) atoms. The van der Waals surface area contributed by atoms with Gasteiger partial charge in [0, 0.05) is 11.3 Å². The van der Waals surface area contributed by atoms with E-state index in [0.717, 1.165) is 80.9 Å². The SMILES string of the molecule is CC\C=C/C(=C\CF)C(/C)=N/C1(N(C=O)[C@H](CCCC)c2ccc(C=O)cc2)CCC(C(C)(C)C)CC1. The second-order valence-corrected chi connectivity index (χ2v) is 11.4. The lowest BCUT2D eigenvalue weighted by atomic mass is 9.69. The largest absolute Gasteiger partial charge is 0.313 e. The summed E-state index contributed by atoms with van der Waals surface area (Å²) in [4.78, 5) is 31.4. The Balaban J connectivity index is 2.63. The van der Waals surface area contributed by atoms with E-state index in [-0.39, 0.29) is 11.5 Å². The van der Waals surface area contributed by atoms with Gasteiger partial charge in [-0.15, -0.1) is 0 Å². The zero-order valence-corrected chi connectivity index (χ0v) is 23.8. The Labute approximate surface area is 224 Å². The first-order valence-electron chi connectivity index (χ1n) is 13.9. The van der Waals surface area contributed by atoms with Crippen LogP contribution in [0.15, 0.2) is 53.1 Å². The summed E-state index contributed by atoms with van der Waals surface area (Å²) in [6.45, 7) is 12.4. The molecule has 1 aliphatic carbocycles. The molecule has 0 spiro atoms. The van der Waals surface area contributed by atoms with E-state index in [1.54, 1.807) is 6.08 Å². The third kappa shape index (κ3) is 8.21. The molecule has 1 atom stereocenters. The van der Waals surface area contributed by atoms with Crippen molar-refractivity contribution in [3.05, 3.63) is 59.2 Å². The number of benzene rings is 1. The van der Waals surface area contributed by atoms with E-state index in [4.69, 9.17) is 4.99 Å². The maximum atomic E-state index is 13.4. The molecule has 1 aromatic carbocycles. The van der Waals surface area contributed by atoms with Gasteiger partial charge in [-0.1, -0.05) is 83.9 Å². The summed E-state index contributed by atoms with van der Waals surface area (Å²) in [5, 5.41) is 0. The van der Waals surface area contributed by atoms with Crippen LogP contribution in [0.5, 0.6) is 0 Å². The Morgan fingerprint density at radius 1 is 1.16 bits per heavy atom. The molecule has 0 aliphatic heterocycles. The number of carbonyl (C=O) groups excluding carboxylic acids is 2. The van der Waals surface area contributed by atoms with E-state index in [2.05, 4.69) is 27.7 Å². The van der Waals surface area contributed by atoms with Crippen molar-refractivity contribution >= 4 is 18.4 Å². The van der Waals surface area contributed by atoms with Crippen molar-refractivity contribution in [2.75, 3.05) is 6.67 Å². The van der Waals surface area contributed by atoms with Crippen LogP contribution in [0.1, 0.15) is 115 Å². The fraction of sp³-hybridized carbons (Fsp3) is 0.594. The number of hydrogen-bond acceptors (Lipinski definition) is 3. The third-order valence-electron chi connectivity index (χ3n) is 7.85. The summed E-state index contributed by atoms with van der Waals surface area (Å²) < 4.78 is 13.4. The molecule has 204 valence electrons. The fourth-order valence-electron chi connectivity index (χ4n) is 5.54. The number of rotatable bonds is 13. The highest BCUT2D eigenvalue weighted by atomic mass is 19.1. The number of carbonyl (C=O) groups is 2. The standard InChI is InChI=1S/C32H47FN2O2/c1-7-9-11-27(19-22-33)25(3)34-32(20-17-29(18-21-32)31(4,5)6)35(24-37)30(12-10-8-2)28-15-13-26(23-36)14-16-28/h9,11,13-16,19,23-24,29-30H,7-8,10,12,17-18,20-22H2,1-6H3/b11-9-,27-19+,34-25+/t29?,30-,32?/m1/s1. The van der Waals surface area contributed by atoms with Crippen LogP contribution < -0.4 is 0 Å². The average Bonchev–Trinajstić information content (AvgIpc) is 2.88. The van der Waals surface area contributed by atoms with Crippen LogP contribution in [0.2, 0.25) is 0 Å². The molecule has 0 heterocycles. The molecular weight excluding hydrogens is 463 g/mol. The minimum atomic E-state index is -0.704. The highest BCUT2D eigenvalue weighted by Crippen LogP contribution is 2.47. The van der Waals surface area contributed by atoms with Gasteiger partial charge in [0.25, 0.3) is 0 Å². The van der Waals surface area contributed by atoms with Crippen LogP contribution in [0.4, 0.5) is 4.39 Å². The number of unbranched alkanes of at least 4 members (excludes halogenated alkanes) is 1. The molecule has 0 N–H and O–H groups in total. The number of amides is 1. The van der Waals surface area contributed by atoms with Crippen LogP contribution in [0.3, 0.4) is 0 Å². The second kappa shape index (κ2) is 14.4. The van der Waals surface area contributed by atoms with E-state index in [0.29, 0.717) is 11.5 Å². The van der Waals surface area contributed by atoms with Gasteiger partial charge in [-0.3, -0.25) is 14.6 Å². The maximum Gasteiger partial charge on any atom is 0.212 e. The minimum Gasteiger partial charge on any atom is -0.313 e. The number of halogens is 1. The zero-order chi connectivity index (χ0) is 27.5. The summed E-state index contributed by atoms with van der Waals surface area (Å²) in [5.74, 6) is 0.548. The summed E-state index contributed by atoms with van der Waals surface area (Å²) in [6.07, 6.45) is 14.5. The lowest BCUT2D eigenvalue weighted by Crippen LogP contribution is -2.52. The first kappa shape index (κ1) is 30.7. The quantitative estimate of drug-likeness (QED) is 0.152. The average molecular weight is 511 g/mol. The second-order valence-electron chi connectivity index (χ2n) is 11.4. The Kier molecular flexibility index (Phi) is 11.9. The number of aldehydes is 1. The molecule has 0 saturated heterocycles. The molecule has 1 aromatic rings. The van der Waals surface area contributed by atoms with E-state index >= 15 is 0 Å². The van der Waals surface area contributed by atoms with E-state index in [9.17, 15) is 14.0 Å². The monoisotopic (exact) mass is 510 g/mol. The Hall–Kier alpha value is -2.56. The first-order chi connectivity index (χ1) is 17.6. The van der Waals surface area contributed by atoms with Gasteiger partial charge in [-0.25, -0.2) is 4.39 Å². The van der Waals surface area contributed by atoms with Crippen molar-refractivity contribution < 1.29 is 14.0 Å². The molecule has 1 amide bonds. The first-order valence-corrected chi connectivity index (χ1v) is 13.9. The molecule has 0 radical (unpaired) electrons. The van der Waals surface area contributed by atoms with Crippen molar-refractivity contribution in [1.29, 1.82) is 0 Å². The lowest BCUT2D eigenvalue weighted by molar-refractivity contribution is -0.130. The molecule has 1 saturated carbocycles. The lowest BCUT2D eigenvalue weighted by Gasteiger charge is -2.49. The Bertz CT molecular complexity index is 948. The Morgan fingerprint density at radius 2 is 1.81 bits per heavy atom. The molecule has 0 unspecified atom stereocenters. The highest BCUT2D eigenvalue weighted by molar-refractivity contribution is 6.01. The number of allylic oxidation sites excluding steroid dienone is 4. The maximum absolute atomic E-state index is 13.4. The normalized spacial score (nSPS) is 22.2. The van der Waals surface area contributed by atoms with Crippen LogP contribution >= 0.6 is 0 Å². The van der Waals surface area contributed by atoms with Gasteiger partial charge in [-0.05, 0) is 74.0 Å². The topological polar surface area (TPSA) is 49.7 Å². The number of hydrogen-bond donors (Lipinski definition) is 0. The Morgan fingerprint density at radius 3 is 2.30 bits per heavy atom. The molecule has 1 fully saturated rings.